The van der Waals surface area contributed by atoms with Crippen LogP contribution in [0.5, 0.6) is 0 Å². The minimum absolute atomic E-state index is 0.106. The Morgan fingerprint density at radius 3 is 2.38 bits per heavy atom. The lowest BCUT2D eigenvalue weighted by Crippen LogP contribution is -2.32. The summed E-state index contributed by atoms with van der Waals surface area (Å²) in [6.07, 6.45) is 0. The smallest absolute Gasteiger partial charge is 0.340 e. The molecule has 1 aliphatic rings. The van der Waals surface area contributed by atoms with Gasteiger partial charge in [0.2, 0.25) is 5.91 Å². The fourth-order valence-electron chi connectivity index (χ4n) is 2.99. The Morgan fingerprint density at radius 1 is 1.04 bits per heavy atom. The number of esters is 1. The second kappa shape index (κ2) is 6.71. The Balaban J connectivity index is 2.31. The quantitative estimate of drug-likeness (QED) is 0.813. The van der Waals surface area contributed by atoms with E-state index in [1.54, 1.807) is 11.8 Å². The van der Waals surface area contributed by atoms with E-state index < -0.39 is 5.97 Å². The molecular weight excluding hydrogens is 302 g/mol. The topological polar surface area (TPSA) is 46.6 Å². The van der Waals surface area contributed by atoms with E-state index in [1.807, 2.05) is 54.6 Å². The molecule has 0 aliphatic carbocycles. The Hall–Kier alpha value is -2.88. The van der Waals surface area contributed by atoms with Crippen LogP contribution in [0, 0.1) is 0 Å². The van der Waals surface area contributed by atoms with Gasteiger partial charge >= 0.3 is 5.97 Å². The molecule has 1 amide bonds. The Bertz CT molecular complexity index is 809. The molecule has 4 nitrogen and oxygen atoms in total. The molecule has 0 unspecified atom stereocenters. The molecule has 122 valence electrons. The zero-order chi connectivity index (χ0) is 17.1. The molecule has 0 atom stereocenters. The summed E-state index contributed by atoms with van der Waals surface area (Å²) in [5, 5.41) is 0. The zero-order valence-electron chi connectivity index (χ0n) is 13.8. The number of ether oxygens (including phenoxy) is 1. The van der Waals surface area contributed by atoms with Crippen LogP contribution < -0.4 is 0 Å². The lowest BCUT2D eigenvalue weighted by molar-refractivity contribution is -0.136. The standard InChI is InChI=1S/C20H19NO3/c1-3-24-20(23)18-17-12-8-7-11-16(17)13-21(14(2)22)19(18)15-9-5-4-6-10-15/h4-12H,3,13H2,1-2H3. The van der Waals surface area contributed by atoms with Gasteiger partial charge in [-0.3, -0.25) is 4.79 Å². The molecule has 2 aromatic carbocycles. The van der Waals surface area contributed by atoms with Crippen LogP contribution in [0.1, 0.15) is 30.5 Å². The van der Waals surface area contributed by atoms with Gasteiger partial charge in [-0.05, 0) is 23.6 Å². The third-order valence-corrected chi connectivity index (χ3v) is 4.03. The first-order valence-corrected chi connectivity index (χ1v) is 7.96. The van der Waals surface area contributed by atoms with E-state index in [0.29, 0.717) is 17.8 Å². The molecule has 1 aliphatic heterocycles. The molecule has 0 bridgehead atoms. The molecule has 0 N–H and O–H groups in total. The van der Waals surface area contributed by atoms with Crippen LogP contribution in [0.4, 0.5) is 0 Å². The highest BCUT2D eigenvalue weighted by Crippen LogP contribution is 2.37. The molecule has 0 radical (unpaired) electrons. The number of amides is 1. The monoisotopic (exact) mass is 321 g/mol. The van der Waals surface area contributed by atoms with Crippen molar-refractivity contribution in [1.29, 1.82) is 0 Å². The third-order valence-electron chi connectivity index (χ3n) is 4.03. The van der Waals surface area contributed by atoms with Gasteiger partial charge in [-0.2, -0.15) is 0 Å². The summed E-state index contributed by atoms with van der Waals surface area (Å²) in [6, 6.07) is 17.1. The highest BCUT2D eigenvalue weighted by atomic mass is 16.5. The van der Waals surface area contributed by atoms with Gasteiger partial charge in [0.1, 0.15) is 0 Å². The predicted octanol–water partition coefficient (Wildman–Crippen LogP) is 3.48. The molecule has 0 saturated heterocycles. The summed E-state index contributed by atoms with van der Waals surface area (Å²) in [7, 11) is 0. The average molecular weight is 321 g/mol. The van der Waals surface area contributed by atoms with Crippen molar-refractivity contribution in [3.8, 4) is 0 Å². The van der Waals surface area contributed by atoms with Crippen LogP contribution in [0.3, 0.4) is 0 Å². The average Bonchev–Trinajstić information content (AvgIpc) is 2.60. The molecule has 0 saturated carbocycles. The first-order valence-electron chi connectivity index (χ1n) is 7.96. The molecule has 0 fully saturated rings. The van der Waals surface area contributed by atoms with E-state index >= 15 is 0 Å². The number of carbonyl (C=O) groups excluding carboxylic acids is 2. The lowest BCUT2D eigenvalue weighted by Gasteiger charge is -2.32. The van der Waals surface area contributed by atoms with Gasteiger partial charge in [0.05, 0.1) is 24.4 Å². The van der Waals surface area contributed by atoms with Crippen molar-refractivity contribution >= 4 is 23.1 Å². The van der Waals surface area contributed by atoms with Crippen LogP contribution in [0.25, 0.3) is 11.3 Å². The number of hydrogen-bond donors (Lipinski definition) is 0. The minimum Gasteiger partial charge on any atom is -0.462 e. The molecule has 3 rings (SSSR count). The van der Waals surface area contributed by atoms with Crippen molar-refractivity contribution in [2.45, 2.75) is 20.4 Å². The highest BCUT2D eigenvalue weighted by Gasteiger charge is 2.32. The highest BCUT2D eigenvalue weighted by molar-refractivity contribution is 6.26. The first kappa shape index (κ1) is 16.0. The summed E-state index contributed by atoms with van der Waals surface area (Å²) >= 11 is 0. The Labute approximate surface area is 141 Å². The first-order chi connectivity index (χ1) is 11.6. The van der Waals surface area contributed by atoms with Gasteiger partial charge in [0, 0.05) is 6.92 Å². The van der Waals surface area contributed by atoms with Gasteiger partial charge in [-0.15, -0.1) is 0 Å². The maximum absolute atomic E-state index is 12.7. The normalized spacial score (nSPS) is 13.5. The molecule has 1 heterocycles. The number of nitrogens with zero attached hydrogens (tertiary/aromatic N) is 1. The summed E-state index contributed by atoms with van der Waals surface area (Å²) in [5.74, 6) is -0.514. The Kier molecular flexibility index (Phi) is 4.47. The molecule has 0 spiro atoms. The van der Waals surface area contributed by atoms with Gasteiger partial charge in [0.25, 0.3) is 0 Å². The summed E-state index contributed by atoms with van der Waals surface area (Å²) in [6.45, 7) is 4.02. The molecular formula is C20H19NO3. The van der Waals surface area contributed by atoms with E-state index in [0.717, 1.165) is 16.7 Å². The minimum atomic E-state index is -0.408. The number of rotatable bonds is 3. The number of carbonyl (C=O) groups is 2. The summed E-state index contributed by atoms with van der Waals surface area (Å²) < 4.78 is 5.28. The number of fused-ring (bicyclic) bond motifs is 1. The van der Waals surface area contributed by atoms with E-state index in [2.05, 4.69) is 0 Å². The van der Waals surface area contributed by atoms with Gasteiger partial charge in [-0.25, -0.2) is 4.79 Å². The fraction of sp³-hybridized carbons (Fsp3) is 0.200. The van der Waals surface area contributed by atoms with Crippen LogP contribution >= 0.6 is 0 Å². The third kappa shape index (κ3) is 2.83. The van der Waals surface area contributed by atoms with Gasteiger partial charge in [-0.1, -0.05) is 54.6 Å². The SMILES string of the molecule is CCOC(=O)C1=C(c2ccccc2)N(C(C)=O)Cc2ccccc21. The maximum atomic E-state index is 12.7. The number of hydrogen-bond acceptors (Lipinski definition) is 3. The van der Waals surface area contributed by atoms with E-state index in [4.69, 9.17) is 4.74 Å². The van der Waals surface area contributed by atoms with E-state index in [-0.39, 0.29) is 12.5 Å². The second-order valence-electron chi connectivity index (χ2n) is 5.57. The van der Waals surface area contributed by atoms with Crippen molar-refractivity contribution in [1.82, 2.24) is 4.90 Å². The molecule has 2 aromatic rings. The summed E-state index contributed by atoms with van der Waals surface area (Å²) in [5.41, 5.74) is 3.65. The van der Waals surface area contributed by atoms with E-state index in [1.165, 1.54) is 6.92 Å². The second-order valence-corrected chi connectivity index (χ2v) is 5.57. The van der Waals surface area contributed by atoms with E-state index in [9.17, 15) is 9.59 Å². The fourth-order valence-corrected chi connectivity index (χ4v) is 2.99. The van der Waals surface area contributed by atoms with Gasteiger partial charge in [0.15, 0.2) is 0 Å². The molecule has 24 heavy (non-hydrogen) atoms. The van der Waals surface area contributed by atoms with Crippen LogP contribution in [0.2, 0.25) is 0 Å². The predicted molar refractivity (Wildman–Crippen MR) is 92.6 cm³/mol. The van der Waals surface area contributed by atoms with Crippen molar-refractivity contribution in [3.63, 3.8) is 0 Å². The zero-order valence-corrected chi connectivity index (χ0v) is 13.8. The Morgan fingerprint density at radius 2 is 1.71 bits per heavy atom. The van der Waals surface area contributed by atoms with Crippen molar-refractivity contribution in [2.75, 3.05) is 6.61 Å². The van der Waals surface area contributed by atoms with Crippen molar-refractivity contribution in [2.24, 2.45) is 0 Å². The van der Waals surface area contributed by atoms with Crippen molar-refractivity contribution in [3.05, 3.63) is 71.3 Å². The van der Waals surface area contributed by atoms with Crippen LogP contribution in [-0.4, -0.2) is 23.4 Å². The largest absolute Gasteiger partial charge is 0.462 e. The molecule has 4 heteroatoms. The summed E-state index contributed by atoms with van der Waals surface area (Å²) in [4.78, 5) is 26.6. The number of benzene rings is 2. The van der Waals surface area contributed by atoms with Crippen molar-refractivity contribution < 1.29 is 14.3 Å². The maximum Gasteiger partial charge on any atom is 0.340 e. The lowest BCUT2D eigenvalue weighted by atomic mass is 9.90. The van der Waals surface area contributed by atoms with Crippen LogP contribution in [0.15, 0.2) is 54.6 Å². The molecule has 0 aromatic heterocycles. The van der Waals surface area contributed by atoms with Crippen LogP contribution in [-0.2, 0) is 20.9 Å². The van der Waals surface area contributed by atoms with Gasteiger partial charge < -0.3 is 9.64 Å².